The molecule has 0 atom stereocenters. The van der Waals surface area contributed by atoms with Crippen LogP contribution in [0.3, 0.4) is 0 Å². The number of fused-ring (bicyclic) bond motifs is 1. The number of anilines is 1. The van der Waals surface area contributed by atoms with Gasteiger partial charge in [0.15, 0.2) is 0 Å². The van der Waals surface area contributed by atoms with Gasteiger partial charge in [-0.2, -0.15) is 0 Å². The van der Waals surface area contributed by atoms with E-state index in [4.69, 9.17) is 0 Å². The molecule has 2 aromatic heterocycles. The van der Waals surface area contributed by atoms with E-state index < -0.39 is 0 Å². The van der Waals surface area contributed by atoms with E-state index in [0.29, 0.717) is 0 Å². The Labute approximate surface area is 129 Å². The molecule has 3 rings (SSSR count). The number of pyridine rings is 1. The first kappa shape index (κ1) is 13.9. The third kappa shape index (κ3) is 3.15. The molecule has 0 radical (unpaired) electrons. The summed E-state index contributed by atoms with van der Waals surface area (Å²) >= 11 is 0.205. The average Bonchev–Trinajstić information content (AvgIpc) is 2.87. The third-order valence-electron chi connectivity index (χ3n) is 3.03. The molecule has 1 N–H and O–H groups in total. The Hall–Kier alpha value is -2.10. The molecule has 0 aliphatic carbocycles. The minimum absolute atomic E-state index is 0.205. The average molecular weight is 344 g/mol. The number of benzene rings is 1. The molecule has 3 aromatic rings. The Kier molecular flexibility index (Phi) is 3.77. The number of phenolic OH excluding ortho intramolecular Hbond substituents is 1. The number of phenols is 1. The predicted octanol–water partition coefficient (Wildman–Crippen LogP) is 2.63. The number of aromatic nitrogens is 2. The summed E-state index contributed by atoms with van der Waals surface area (Å²) in [7, 11) is 3.94. The zero-order valence-electron chi connectivity index (χ0n) is 11.8. The molecule has 0 saturated heterocycles. The van der Waals surface area contributed by atoms with E-state index in [1.165, 1.54) is 4.26 Å². The Bertz CT molecular complexity index is 791. The molecule has 0 spiro atoms. The summed E-state index contributed by atoms with van der Waals surface area (Å²) in [4.78, 5) is 10.9. The van der Waals surface area contributed by atoms with Crippen LogP contribution in [0.5, 0.6) is 5.75 Å². The molecule has 5 heteroatoms. The summed E-state index contributed by atoms with van der Waals surface area (Å²) in [6.45, 7) is 0. The van der Waals surface area contributed by atoms with Crippen LogP contribution in [0, 0.1) is 0 Å². The quantitative estimate of drug-likeness (QED) is 0.742. The van der Waals surface area contributed by atoms with Crippen LogP contribution in [-0.2, 0) is 0 Å². The molecule has 0 aliphatic rings. The summed E-state index contributed by atoms with van der Waals surface area (Å²) in [5, 5.41) is 9.47. The number of rotatable bonds is 3. The van der Waals surface area contributed by atoms with E-state index in [9.17, 15) is 5.11 Å². The van der Waals surface area contributed by atoms with Gasteiger partial charge >= 0.3 is 129 Å². The van der Waals surface area contributed by atoms with Gasteiger partial charge in [-0.25, -0.2) is 0 Å². The van der Waals surface area contributed by atoms with Crippen LogP contribution < -0.4 is 4.90 Å². The fourth-order valence-electron chi connectivity index (χ4n) is 1.93. The molecule has 0 saturated carbocycles. The van der Waals surface area contributed by atoms with E-state index in [-0.39, 0.29) is 20.3 Å². The van der Waals surface area contributed by atoms with Crippen molar-refractivity contribution < 1.29 is 5.11 Å². The van der Waals surface area contributed by atoms with Crippen LogP contribution in [0.2, 0.25) is 0 Å². The van der Waals surface area contributed by atoms with Crippen LogP contribution in [0.25, 0.3) is 21.9 Å². The Morgan fingerprint density at radius 1 is 1.14 bits per heavy atom. The van der Waals surface area contributed by atoms with Gasteiger partial charge in [0.1, 0.15) is 0 Å². The molecule has 0 unspecified atom stereocenters. The topological polar surface area (TPSA) is 49.2 Å². The fourth-order valence-corrected chi connectivity index (χ4v) is 3.72. The van der Waals surface area contributed by atoms with Crippen molar-refractivity contribution in [3.8, 4) is 5.75 Å². The van der Waals surface area contributed by atoms with Gasteiger partial charge in [-0.1, -0.05) is 0 Å². The molecule has 0 fully saturated rings. The van der Waals surface area contributed by atoms with Crippen LogP contribution in [0.15, 0.2) is 36.5 Å². The van der Waals surface area contributed by atoms with Crippen molar-refractivity contribution in [2.75, 3.05) is 19.0 Å². The molecular formula is C16H15N3OSe. The van der Waals surface area contributed by atoms with Crippen LogP contribution >= 0.6 is 0 Å². The van der Waals surface area contributed by atoms with Crippen molar-refractivity contribution in [2.45, 2.75) is 0 Å². The zero-order valence-corrected chi connectivity index (χ0v) is 13.5. The van der Waals surface area contributed by atoms with Crippen molar-refractivity contribution in [1.82, 2.24) is 9.97 Å². The van der Waals surface area contributed by atoms with Gasteiger partial charge in [-0.15, -0.1) is 0 Å². The SMILES string of the molecule is CN(C)c1ccc(/C=C/c2nc3cc(O)ccc3[se]2)cn1. The molecule has 2 heterocycles. The maximum atomic E-state index is 9.47. The van der Waals surface area contributed by atoms with E-state index in [1.54, 1.807) is 12.1 Å². The summed E-state index contributed by atoms with van der Waals surface area (Å²) in [5.74, 6) is 1.21. The van der Waals surface area contributed by atoms with Gasteiger partial charge in [-0.05, 0) is 0 Å². The van der Waals surface area contributed by atoms with Crippen LogP contribution in [0.4, 0.5) is 5.82 Å². The minimum atomic E-state index is 0.205. The van der Waals surface area contributed by atoms with E-state index in [2.05, 4.69) is 9.97 Å². The van der Waals surface area contributed by atoms with E-state index in [0.717, 1.165) is 21.5 Å². The van der Waals surface area contributed by atoms with Gasteiger partial charge in [-0.3, -0.25) is 0 Å². The first-order valence-electron chi connectivity index (χ1n) is 6.53. The van der Waals surface area contributed by atoms with Crippen molar-refractivity contribution in [3.05, 3.63) is 46.7 Å². The van der Waals surface area contributed by atoms with Gasteiger partial charge in [0.25, 0.3) is 0 Å². The molecule has 0 bridgehead atoms. The van der Waals surface area contributed by atoms with E-state index in [1.807, 2.05) is 55.5 Å². The summed E-state index contributed by atoms with van der Waals surface area (Å²) in [6, 6.07) is 9.41. The van der Waals surface area contributed by atoms with Crippen molar-refractivity contribution in [1.29, 1.82) is 0 Å². The third-order valence-corrected chi connectivity index (χ3v) is 5.14. The van der Waals surface area contributed by atoms with Gasteiger partial charge in [0.2, 0.25) is 0 Å². The van der Waals surface area contributed by atoms with Crippen molar-refractivity contribution >= 4 is 42.3 Å². The standard InChI is InChI=1S/C16H15N3OSe/c1-19(2)15-7-3-11(10-17-15)4-8-16-18-13-9-12(20)5-6-14(13)21-16/h3-10,20H,1-2H3/b8-4+. The summed E-state index contributed by atoms with van der Waals surface area (Å²) in [6.07, 6.45) is 5.91. The normalized spacial score (nSPS) is 11.3. The number of nitrogens with zero attached hydrogens (tertiary/aromatic N) is 3. The molecular weight excluding hydrogens is 329 g/mol. The fraction of sp³-hybridized carbons (Fsp3) is 0.125. The molecule has 21 heavy (non-hydrogen) atoms. The first-order chi connectivity index (χ1) is 10.1. The molecule has 4 nitrogen and oxygen atoms in total. The second-order valence-electron chi connectivity index (χ2n) is 4.88. The van der Waals surface area contributed by atoms with Crippen molar-refractivity contribution in [3.63, 3.8) is 0 Å². The monoisotopic (exact) mass is 345 g/mol. The molecule has 106 valence electrons. The van der Waals surface area contributed by atoms with Crippen LogP contribution in [-0.4, -0.2) is 43.7 Å². The molecule has 1 aromatic carbocycles. The zero-order chi connectivity index (χ0) is 14.8. The maximum absolute atomic E-state index is 9.47. The number of hydrogen-bond donors (Lipinski definition) is 1. The Morgan fingerprint density at radius 2 is 2.00 bits per heavy atom. The van der Waals surface area contributed by atoms with Crippen LogP contribution in [0.1, 0.15) is 10.1 Å². The molecule has 0 aliphatic heterocycles. The van der Waals surface area contributed by atoms with Gasteiger partial charge < -0.3 is 0 Å². The summed E-state index contributed by atoms with van der Waals surface area (Å²) < 4.78 is 2.26. The second kappa shape index (κ2) is 5.72. The summed E-state index contributed by atoms with van der Waals surface area (Å²) in [5.41, 5.74) is 1.94. The van der Waals surface area contributed by atoms with Gasteiger partial charge in [0.05, 0.1) is 0 Å². The second-order valence-corrected chi connectivity index (χ2v) is 7.11. The Balaban J connectivity index is 1.83. The predicted molar refractivity (Wildman–Crippen MR) is 87.8 cm³/mol. The van der Waals surface area contributed by atoms with Gasteiger partial charge in [0, 0.05) is 0 Å². The number of hydrogen-bond acceptors (Lipinski definition) is 4. The Morgan fingerprint density at radius 3 is 2.71 bits per heavy atom. The van der Waals surface area contributed by atoms with E-state index >= 15 is 0 Å². The van der Waals surface area contributed by atoms with Crippen molar-refractivity contribution in [2.24, 2.45) is 0 Å². The number of aromatic hydroxyl groups is 1. The first-order valence-corrected chi connectivity index (χ1v) is 8.24. The molecule has 0 amide bonds.